The van der Waals surface area contributed by atoms with Gasteiger partial charge in [-0.25, -0.2) is 0 Å². The van der Waals surface area contributed by atoms with Crippen molar-refractivity contribution in [3.8, 4) is 0 Å². The van der Waals surface area contributed by atoms with Crippen LogP contribution in [0.5, 0.6) is 0 Å². The van der Waals surface area contributed by atoms with E-state index in [1.165, 1.54) is 31.4 Å². The highest BCUT2D eigenvalue weighted by Crippen LogP contribution is 2.37. The lowest BCUT2D eigenvalue weighted by atomic mass is 9.75. The topological polar surface area (TPSA) is 38.0 Å². The summed E-state index contributed by atoms with van der Waals surface area (Å²) in [6.07, 6.45) is 5.16. The van der Waals surface area contributed by atoms with Crippen LogP contribution in [0.1, 0.15) is 45.1 Å². The summed E-state index contributed by atoms with van der Waals surface area (Å²) in [6, 6.07) is 4.71. The maximum absolute atomic E-state index is 5.91. The predicted molar refractivity (Wildman–Crippen MR) is 83.0 cm³/mol. The van der Waals surface area contributed by atoms with Crippen molar-refractivity contribution in [2.45, 2.75) is 52.5 Å². The highest BCUT2D eigenvalue weighted by molar-refractivity contribution is 9.10. The first-order valence-corrected chi connectivity index (χ1v) is 7.49. The lowest BCUT2D eigenvalue weighted by Gasteiger charge is -2.36. The third-order valence-corrected chi connectivity index (χ3v) is 4.58. The largest absolute Gasteiger partial charge is 0.398 e. The van der Waals surface area contributed by atoms with Gasteiger partial charge in [0.25, 0.3) is 0 Å². The molecule has 18 heavy (non-hydrogen) atoms. The molecule has 0 radical (unpaired) electrons. The van der Waals surface area contributed by atoms with E-state index in [1.807, 2.05) is 6.07 Å². The minimum absolute atomic E-state index is 0.464. The Morgan fingerprint density at radius 3 is 2.78 bits per heavy atom. The van der Waals surface area contributed by atoms with Gasteiger partial charge in [-0.1, -0.05) is 20.3 Å². The zero-order valence-electron chi connectivity index (χ0n) is 11.5. The van der Waals surface area contributed by atoms with Gasteiger partial charge in [0.2, 0.25) is 0 Å². The predicted octanol–water partition coefficient (Wildman–Crippen LogP) is 4.72. The van der Waals surface area contributed by atoms with Gasteiger partial charge in [0.1, 0.15) is 0 Å². The standard InChI is InChI=1S/C15H23BrN2/c1-10-7-14(12(16)8-13(10)17)18-11-5-4-6-15(2,3)9-11/h7-8,11,18H,4-6,9,17H2,1-3H3. The molecule has 0 bridgehead atoms. The van der Waals surface area contributed by atoms with Gasteiger partial charge >= 0.3 is 0 Å². The van der Waals surface area contributed by atoms with Gasteiger partial charge in [-0.2, -0.15) is 0 Å². The summed E-state index contributed by atoms with van der Waals surface area (Å²) in [4.78, 5) is 0. The molecule has 0 aromatic heterocycles. The minimum Gasteiger partial charge on any atom is -0.398 e. The summed E-state index contributed by atoms with van der Waals surface area (Å²) >= 11 is 3.59. The number of hydrogen-bond donors (Lipinski definition) is 2. The first-order valence-electron chi connectivity index (χ1n) is 6.69. The number of nitrogens with two attached hydrogens (primary N) is 1. The van der Waals surface area contributed by atoms with E-state index in [0.717, 1.165) is 15.7 Å². The van der Waals surface area contributed by atoms with Crippen LogP contribution in [0.3, 0.4) is 0 Å². The molecular formula is C15H23BrN2. The Morgan fingerprint density at radius 2 is 2.11 bits per heavy atom. The van der Waals surface area contributed by atoms with Gasteiger partial charge < -0.3 is 11.1 Å². The zero-order chi connectivity index (χ0) is 13.3. The maximum atomic E-state index is 5.91. The fourth-order valence-electron chi connectivity index (χ4n) is 2.85. The van der Waals surface area contributed by atoms with Crippen LogP contribution in [0.4, 0.5) is 11.4 Å². The van der Waals surface area contributed by atoms with Crippen LogP contribution in [0.15, 0.2) is 16.6 Å². The van der Waals surface area contributed by atoms with Crippen LogP contribution in [-0.2, 0) is 0 Å². The lowest BCUT2D eigenvalue weighted by Crippen LogP contribution is -2.31. The Balaban J connectivity index is 2.12. The fraction of sp³-hybridized carbons (Fsp3) is 0.600. The quantitative estimate of drug-likeness (QED) is 0.776. The van der Waals surface area contributed by atoms with E-state index in [-0.39, 0.29) is 0 Å². The number of aryl methyl sites for hydroxylation is 1. The van der Waals surface area contributed by atoms with Crippen molar-refractivity contribution >= 4 is 27.3 Å². The second kappa shape index (κ2) is 5.12. The van der Waals surface area contributed by atoms with Crippen LogP contribution in [0.2, 0.25) is 0 Å². The fourth-order valence-corrected chi connectivity index (χ4v) is 3.32. The first kappa shape index (κ1) is 13.7. The van der Waals surface area contributed by atoms with E-state index in [4.69, 9.17) is 5.73 Å². The van der Waals surface area contributed by atoms with Crippen molar-refractivity contribution in [1.82, 2.24) is 0 Å². The van der Waals surface area contributed by atoms with Crippen LogP contribution in [-0.4, -0.2) is 6.04 Å². The van der Waals surface area contributed by atoms with E-state index in [1.54, 1.807) is 0 Å². The molecule has 2 rings (SSSR count). The summed E-state index contributed by atoms with van der Waals surface area (Å²) in [5.41, 5.74) is 9.52. The number of anilines is 2. The summed E-state index contributed by atoms with van der Waals surface area (Å²) in [6.45, 7) is 6.78. The van der Waals surface area contributed by atoms with Crippen LogP contribution in [0.25, 0.3) is 0 Å². The van der Waals surface area contributed by atoms with E-state index >= 15 is 0 Å². The molecule has 1 atom stereocenters. The molecular weight excluding hydrogens is 288 g/mol. The molecule has 3 heteroatoms. The molecule has 1 saturated carbocycles. The van der Waals surface area contributed by atoms with Gasteiger partial charge in [0, 0.05) is 21.9 Å². The Hall–Kier alpha value is -0.700. The van der Waals surface area contributed by atoms with Crippen molar-refractivity contribution in [2.24, 2.45) is 5.41 Å². The van der Waals surface area contributed by atoms with E-state index in [0.29, 0.717) is 11.5 Å². The molecule has 0 heterocycles. The molecule has 3 N–H and O–H groups in total. The van der Waals surface area contributed by atoms with Gasteiger partial charge in [0.05, 0.1) is 0 Å². The molecule has 100 valence electrons. The molecule has 0 saturated heterocycles. The van der Waals surface area contributed by atoms with Gasteiger partial charge in [-0.3, -0.25) is 0 Å². The second-order valence-corrected chi connectivity index (χ2v) is 7.14. The molecule has 1 aliphatic carbocycles. The van der Waals surface area contributed by atoms with Crippen molar-refractivity contribution in [1.29, 1.82) is 0 Å². The maximum Gasteiger partial charge on any atom is 0.0490 e. The van der Waals surface area contributed by atoms with Gasteiger partial charge in [0.15, 0.2) is 0 Å². The third-order valence-electron chi connectivity index (χ3n) is 3.92. The normalized spacial score (nSPS) is 22.8. The molecule has 1 aliphatic rings. The summed E-state index contributed by atoms with van der Waals surface area (Å²) in [7, 11) is 0. The molecule has 2 nitrogen and oxygen atoms in total. The first-order chi connectivity index (χ1) is 8.37. The average molecular weight is 311 g/mol. The van der Waals surface area contributed by atoms with Crippen LogP contribution >= 0.6 is 15.9 Å². The number of rotatable bonds is 2. The Labute approximate surface area is 118 Å². The van der Waals surface area contributed by atoms with Gasteiger partial charge in [-0.05, 0) is 65.2 Å². The monoisotopic (exact) mass is 310 g/mol. The SMILES string of the molecule is Cc1cc(NC2CCCC(C)(C)C2)c(Br)cc1N. The Kier molecular flexibility index (Phi) is 3.90. The summed E-state index contributed by atoms with van der Waals surface area (Å²) in [5, 5.41) is 3.67. The average Bonchev–Trinajstić information content (AvgIpc) is 2.24. The van der Waals surface area contributed by atoms with Crippen molar-refractivity contribution < 1.29 is 0 Å². The number of halogens is 1. The molecule has 1 unspecified atom stereocenters. The summed E-state index contributed by atoms with van der Waals surface area (Å²) in [5.74, 6) is 0. The Bertz CT molecular complexity index is 440. The van der Waals surface area contributed by atoms with Gasteiger partial charge in [-0.15, -0.1) is 0 Å². The number of nitrogens with one attached hydrogen (secondary N) is 1. The summed E-state index contributed by atoms with van der Waals surface area (Å²) < 4.78 is 1.06. The highest BCUT2D eigenvalue weighted by Gasteiger charge is 2.28. The molecule has 1 aromatic rings. The molecule has 0 amide bonds. The van der Waals surface area contributed by atoms with E-state index < -0.39 is 0 Å². The van der Waals surface area contributed by atoms with E-state index in [2.05, 4.69) is 48.1 Å². The minimum atomic E-state index is 0.464. The number of nitrogen functional groups attached to an aromatic ring is 1. The zero-order valence-corrected chi connectivity index (χ0v) is 13.1. The molecule has 0 spiro atoms. The highest BCUT2D eigenvalue weighted by atomic mass is 79.9. The van der Waals surface area contributed by atoms with Crippen LogP contribution < -0.4 is 11.1 Å². The molecule has 1 aromatic carbocycles. The molecule has 0 aliphatic heterocycles. The van der Waals surface area contributed by atoms with Crippen molar-refractivity contribution in [3.63, 3.8) is 0 Å². The second-order valence-electron chi connectivity index (χ2n) is 6.29. The van der Waals surface area contributed by atoms with Crippen LogP contribution in [0, 0.1) is 12.3 Å². The van der Waals surface area contributed by atoms with Crippen molar-refractivity contribution in [3.05, 3.63) is 22.2 Å². The Morgan fingerprint density at radius 1 is 1.39 bits per heavy atom. The number of hydrogen-bond acceptors (Lipinski definition) is 2. The lowest BCUT2D eigenvalue weighted by molar-refractivity contribution is 0.229. The smallest absolute Gasteiger partial charge is 0.0490 e. The molecule has 1 fully saturated rings. The van der Waals surface area contributed by atoms with Crippen molar-refractivity contribution in [2.75, 3.05) is 11.1 Å². The van der Waals surface area contributed by atoms with E-state index in [9.17, 15) is 0 Å². The third kappa shape index (κ3) is 3.19. The number of benzene rings is 1.